The molecule has 1 amide bonds. The van der Waals surface area contributed by atoms with E-state index >= 15 is 0 Å². The summed E-state index contributed by atoms with van der Waals surface area (Å²) in [5.41, 5.74) is 0.646. The molecule has 1 N–H and O–H groups in total. The molecule has 0 bridgehead atoms. The van der Waals surface area contributed by atoms with E-state index in [0.717, 1.165) is 4.47 Å². The Balaban J connectivity index is 2.68. The summed E-state index contributed by atoms with van der Waals surface area (Å²) in [6.07, 6.45) is 0. The molecule has 0 aromatic heterocycles. The second-order valence-electron chi connectivity index (χ2n) is 3.88. The molecule has 98 valence electrons. The van der Waals surface area contributed by atoms with Gasteiger partial charge in [0.2, 0.25) is 5.91 Å². The van der Waals surface area contributed by atoms with Crippen LogP contribution in [0.25, 0.3) is 0 Å². The van der Waals surface area contributed by atoms with Crippen LogP contribution in [-0.2, 0) is 4.79 Å². The lowest BCUT2D eigenvalue weighted by molar-refractivity contribution is -0.121. The van der Waals surface area contributed by atoms with Crippen LogP contribution in [-0.4, -0.2) is 43.3 Å². The maximum absolute atomic E-state index is 12.1. The van der Waals surface area contributed by atoms with Gasteiger partial charge in [-0.1, -0.05) is 41.1 Å². The fraction of sp³-hybridized carbons (Fsp3) is 0.385. The number of carbonyl (C=O) groups excluding carboxylic acids is 2. The minimum Gasteiger partial charge on any atom is -0.358 e. The van der Waals surface area contributed by atoms with Crippen LogP contribution in [0.5, 0.6) is 0 Å². The quantitative estimate of drug-likeness (QED) is 0.813. The van der Waals surface area contributed by atoms with Crippen molar-refractivity contribution >= 4 is 27.6 Å². The minimum atomic E-state index is -0.0863. The van der Waals surface area contributed by atoms with Gasteiger partial charge in [0.25, 0.3) is 0 Å². The Bertz CT molecular complexity index is 435. The maximum Gasteiger partial charge on any atom is 0.233 e. The molecule has 0 fully saturated rings. The lowest BCUT2D eigenvalue weighted by atomic mass is 10.1. The van der Waals surface area contributed by atoms with Crippen molar-refractivity contribution < 1.29 is 9.59 Å². The van der Waals surface area contributed by atoms with Crippen molar-refractivity contribution in [2.75, 3.05) is 26.7 Å². The first kappa shape index (κ1) is 14.9. The number of hydrogen-bond donors (Lipinski definition) is 1. The highest BCUT2D eigenvalue weighted by Gasteiger charge is 2.15. The number of ketones is 1. The minimum absolute atomic E-state index is 0.00762. The number of nitrogens with one attached hydrogen (secondary N) is 1. The van der Waals surface area contributed by atoms with Crippen LogP contribution in [0.3, 0.4) is 0 Å². The number of carbonyl (C=O) groups is 2. The van der Waals surface area contributed by atoms with Crippen molar-refractivity contribution in [3.8, 4) is 0 Å². The zero-order valence-electron chi connectivity index (χ0n) is 10.6. The van der Waals surface area contributed by atoms with Crippen molar-refractivity contribution in [1.82, 2.24) is 10.2 Å². The van der Waals surface area contributed by atoms with E-state index in [1.165, 1.54) is 0 Å². The summed E-state index contributed by atoms with van der Waals surface area (Å²) in [5, 5.41) is 2.55. The van der Waals surface area contributed by atoms with Gasteiger partial charge in [-0.15, -0.1) is 0 Å². The topological polar surface area (TPSA) is 49.4 Å². The molecule has 1 aromatic carbocycles. The number of nitrogens with zero attached hydrogens (tertiary/aromatic N) is 1. The molecule has 0 heterocycles. The van der Waals surface area contributed by atoms with E-state index in [4.69, 9.17) is 0 Å². The first-order chi connectivity index (χ1) is 8.58. The molecule has 5 heteroatoms. The van der Waals surface area contributed by atoms with Crippen LogP contribution < -0.4 is 5.32 Å². The Kier molecular flexibility index (Phi) is 6.01. The molecule has 1 aromatic rings. The van der Waals surface area contributed by atoms with Crippen LogP contribution in [0.4, 0.5) is 0 Å². The van der Waals surface area contributed by atoms with Gasteiger partial charge in [-0.2, -0.15) is 0 Å². The fourth-order valence-corrected chi connectivity index (χ4v) is 2.04. The second kappa shape index (κ2) is 7.28. The van der Waals surface area contributed by atoms with E-state index < -0.39 is 0 Å². The number of halogens is 1. The normalized spacial score (nSPS) is 10.4. The molecule has 4 nitrogen and oxygen atoms in total. The molecule has 0 spiro atoms. The van der Waals surface area contributed by atoms with Gasteiger partial charge in [0.05, 0.1) is 13.1 Å². The van der Waals surface area contributed by atoms with Crippen LogP contribution in [0, 0.1) is 0 Å². The molecule has 0 unspecified atom stereocenters. The third-order valence-corrected chi connectivity index (χ3v) is 3.33. The van der Waals surface area contributed by atoms with Crippen LogP contribution >= 0.6 is 15.9 Å². The summed E-state index contributed by atoms with van der Waals surface area (Å²) >= 11 is 3.35. The Morgan fingerprint density at radius 3 is 2.50 bits per heavy atom. The molecule has 0 saturated carbocycles. The highest BCUT2D eigenvalue weighted by molar-refractivity contribution is 9.10. The summed E-state index contributed by atoms with van der Waals surface area (Å²) in [7, 11) is 1.59. The van der Waals surface area contributed by atoms with Gasteiger partial charge in [-0.25, -0.2) is 0 Å². The molecule has 0 aliphatic heterocycles. The number of amides is 1. The van der Waals surface area contributed by atoms with Crippen molar-refractivity contribution in [3.05, 3.63) is 34.3 Å². The standard InChI is InChI=1S/C13H17BrN2O2/c1-3-16(9-13(18)15-2)8-12(17)10-6-4-5-7-11(10)14/h4-7H,3,8-9H2,1-2H3,(H,15,18). The Morgan fingerprint density at radius 2 is 1.94 bits per heavy atom. The van der Waals surface area contributed by atoms with Gasteiger partial charge in [0.1, 0.15) is 0 Å². The summed E-state index contributed by atoms with van der Waals surface area (Å²) in [4.78, 5) is 25.2. The molecule has 0 aliphatic rings. The van der Waals surface area contributed by atoms with Gasteiger partial charge < -0.3 is 5.32 Å². The Morgan fingerprint density at radius 1 is 1.28 bits per heavy atom. The highest BCUT2D eigenvalue weighted by Crippen LogP contribution is 2.16. The summed E-state index contributed by atoms with van der Waals surface area (Å²) < 4.78 is 0.783. The van der Waals surface area contributed by atoms with Gasteiger partial charge >= 0.3 is 0 Å². The smallest absolute Gasteiger partial charge is 0.233 e. The zero-order valence-corrected chi connectivity index (χ0v) is 12.2. The Hall–Kier alpha value is -1.20. The van der Waals surface area contributed by atoms with Crippen molar-refractivity contribution in [2.24, 2.45) is 0 Å². The van der Waals surface area contributed by atoms with Crippen LogP contribution in [0.1, 0.15) is 17.3 Å². The average Bonchev–Trinajstić information content (AvgIpc) is 2.38. The lowest BCUT2D eigenvalue weighted by Gasteiger charge is -2.18. The second-order valence-corrected chi connectivity index (χ2v) is 4.73. The number of hydrogen-bond acceptors (Lipinski definition) is 3. The van der Waals surface area contributed by atoms with Gasteiger partial charge in [0.15, 0.2) is 5.78 Å². The summed E-state index contributed by atoms with van der Waals surface area (Å²) in [6.45, 7) is 3.07. The summed E-state index contributed by atoms with van der Waals surface area (Å²) in [6, 6.07) is 7.30. The molecule has 0 saturated heterocycles. The van der Waals surface area contributed by atoms with Crippen molar-refractivity contribution in [1.29, 1.82) is 0 Å². The van der Waals surface area contributed by atoms with E-state index in [9.17, 15) is 9.59 Å². The predicted molar refractivity (Wildman–Crippen MR) is 74.7 cm³/mol. The van der Waals surface area contributed by atoms with Crippen LogP contribution in [0.15, 0.2) is 28.7 Å². The molecule has 0 radical (unpaired) electrons. The first-order valence-electron chi connectivity index (χ1n) is 5.79. The molecule has 0 aliphatic carbocycles. The van der Waals surface area contributed by atoms with E-state index in [2.05, 4.69) is 21.2 Å². The van der Waals surface area contributed by atoms with Crippen molar-refractivity contribution in [2.45, 2.75) is 6.92 Å². The lowest BCUT2D eigenvalue weighted by Crippen LogP contribution is -2.38. The predicted octanol–water partition coefficient (Wildman–Crippen LogP) is 1.70. The maximum atomic E-state index is 12.1. The fourth-order valence-electron chi connectivity index (χ4n) is 1.54. The number of rotatable bonds is 6. The number of benzene rings is 1. The van der Waals surface area contributed by atoms with E-state index in [-0.39, 0.29) is 24.8 Å². The molecule has 1 rings (SSSR count). The van der Waals surface area contributed by atoms with Gasteiger partial charge in [-0.3, -0.25) is 14.5 Å². The molecular formula is C13H17BrN2O2. The number of likely N-dealkylation sites (N-methyl/N-ethyl adjacent to an activating group) is 2. The molecule has 18 heavy (non-hydrogen) atoms. The highest BCUT2D eigenvalue weighted by atomic mass is 79.9. The third-order valence-electron chi connectivity index (χ3n) is 2.63. The van der Waals surface area contributed by atoms with E-state index in [1.807, 2.05) is 25.1 Å². The third kappa shape index (κ3) is 4.23. The molecule has 0 atom stereocenters. The zero-order chi connectivity index (χ0) is 13.5. The van der Waals surface area contributed by atoms with E-state index in [0.29, 0.717) is 12.1 Å². The Labute approximate surface area is 115 Å². The number of Topliss-reactive ketones (excluding diaryl/α,β-unsaturated/α-hetero) is 1. The van der Waals surface area contributed by atoms with E-state index in [1.54, 1.807) is 18.0 Å². The van der Waals surface area contributed by atoms with Gasteiger partial charge in [-0.05, 0) is 12.6 Å². The van der Waals surface area contributed by atoms with Crippen LogP contribution in [0.2, 0.25) is 0 Å². The largest absolute Gasteiger partial charge is 0.358 e. The first-order valence-corrected chi connectivity index (χ1v) is 6.58. The monoisotopic (exact) mass is 312 g/mol. The van der Waals surface area contributed by atoms with Crippen molar-refractivity contribution in [3.63, 3.8) is 0 Å². The average molecular weight is 313 g/mol. The SMILES string of the molecule is CCN(CC(=O)NC)CC(=O)c1ccccc1Br. The molecular weight excluding hydrogens is 296 g/mol. The summed E-state index contributed by atoms with van der Waals surface area (Å²) in [5.74, 6) is -0.0787. The van der Waals surface area contributed by atoms with Gasteiger partial charge in [0, 0.05) is 17.1 Å².